The first-order valence-corrected chi connectivity index (χ1v) is 11.8. The lowest BCUT2D eigenvalue weighted by atomic mass is 10.2. The largest absolute Gasteiger partial charge is 0.321 e. The second-order valence-electron chi connectivity index (χ2n) is 7.52. The van der Waals surface area contributed by atoms with Gasteiger partial charge in [-0.25, -0.2) is 8.42 Å². The number of aromatic nitrogens is 4. The topological polar surface area (TPSA) is 110 Å². The minimum atomic E-state index is -3.61. The lowest BCUT2D eigenvalue weighted by Gasteiger charge is -2.26. The van der Waals surface area contributed by atoms with Crippen LogP contribution in [0.15, 0.2) is 59.5 Å². The molecule has 0 atom stereocenters. The van der Waals surface area contributed by atoms with E-state index >= 15 is 0 Å². The number of tetrazole rings is 1. The lowest BCUT2D eigenvalue weighted by molar-refractivity contribution is -0.111. The summed E-state index contributed by atoms with van der Waals surface area (Å²) in [5.74, 6) is -0.0134. The molecule has 0 spiro atoms. The molecule has 3 aromatic rings. The van der Waals surface area contributed by atoms with Crippen molar-refractivity contribution in [3.05, 3.63) is 66.0 Å². The molecule has 1 aliphatic heterocycles. The SMILES string of the molecule is Cc1nnnn1/C(=C\c1ccccc1)C(=O)Nc1cccc(S(=O)(=O)N2CCCCC2)c1. The van der Waals surface area contributed by atoms with Gasteiger partial charge in [0.05, 0.1) is 4.90 Å². The van der Waals surface area contributed by atoms with E-state index in [1.165, 1.54) is 15.1 Å². The van der Waals surface area contributed by atoms with E-state index in [0.717, 1.165) is 24.8 Å². The molecule has 0 aliphatic carbocycles. The molecule has 1 aromatic heterocycles. The number of benzene rings is 2. The molecule has 10 heteroatoms. The van der Waals surface area contributed by atoms with Crippen molar-refractivity contribution in [1.82, 2.24) is 24.5 Å². The van der Waals surface area contributed by atoms with Crippen molar-refractivity contribution in [2.75, 3.05) is 18.4 Å². The van der Waals surface area contributed by atoms with E-state index in [2.05, 4.69) is 20.8 Å². The van der Waals surface area contributed by atoms with Crippen LogP contribution in [0.1, 0.15) is 30.7 Å². The number of amides is 1. The number of nitrogens with zero attached hydrogens (tertiary/aromatic N) is 5. The van der Waals surface area contributed by atoms with Crippen LogP contribution in [-0.4, -0.2) is 51.9 Å². The third-order valence-electron chi connectivity index (χ3n) is 5.23. The van der Waals surface area contributed by atoms with Crippen molar-refractivity contribution in [2.45, 2.75) is 31.1 Å². The van der Waals surface area contributed by atoms with Crippen molar-refractivity contribution < 1.29 is 13.2 Å². The molecule has 166 valence electrons. The summed E-state index contributed by atoms with van der Waals surface area (Å²) in [6.45, 7) is 2.72. The maximum absolute atomic E-state index is 13.2. The number of rotatable bonds is 6. The Hall–Kier alpha value is -3.37. The van der Waals surface area contributed by atoms with Gasteiger partial charge in [0.1, 0.15) is 5.70 Å². The highest BCUT2D eigenvalue weighted by atomic mass is 32.2. The van der Waals surface area contributed by atoms with Crippen LogP contribution in [0.25, 0.3) is 11.8 Å². The number of carbonyl (C=O) groups is 1. The molecule has 0 bridgehead atoms. The van der Waals surface area contributed by atoms with Crippen LogP contribution < -0.4 is 5.32 Å². The second kappa shape index (κ2) is 9.41. The summed E-state index contributed by atoms with van der Waals surface area (Å²) in [5.41, 5.74) is 1.38. The lowest BCUT2D eigenvalue weighted by Crippen LogP contribution is -2.35. The molecule has 0 saturated carbocycles. The second-order valence-corrected chi connectivity index (χ2v) is 9.46. The van der Waals surface area contributed by atoms with Gasteiger partial charge in [-0.05, 0) is 60.0 Å². The van der Waals surface area contributed by atoms with E-state index in [0.29, 0.717) is 24.6 Å². The highest BCUT2D eigenvalue weighted by Gasteiger charge is 2.26. The number of piperidine rings is 1. The summed E-state index contributed by atoms with van der Waals surface area (Å²) in [6.07, 6.45) is 4.42. The first-order valence-electron chi connectivity index (χ1n) is 10.4. The number of sulfonamides is 1. The third-order valence-corrected chi connectivity index (χ3v) is 7.13. The molecule has 2 heterocycles. The van der Waals surface area contributed by atoms with Gasteiger partial charge in [-0.15, -0.1) is 5.10 Å². The Bertz CT molecular complexity index is 1230. The van der Waals surface area contributed by atoms with Crippen molar-refractivity contribution in [1.29, 1.82) is 0 Å². The number of hydrogen-bond acceptors (Lipinski definition) is 6. The van der Waals surface area contributed by atoms with Crippen LogP contribution in [0.5, 0.6) is 0 Å². The molecule has 1 N–H and O–H groups in total. The van der Waals surface area contributed by atoms with E-state index in [1.54, 1.807) is 31.2 Å². The maximum atomic E-state index is 13.2. The maximum Gasteiger partial charge on any atom is 0.274 e. The predicted octanol–water partition coefficient (Wildman–Crippen LogP) is 2.79. The van der Waals surface area contributed by atoms with Crippen molar-refractivity contribution in [3.63, 3.8) is 0 Å². The van der Waals surface area contributed by atoms with Gasteiger partial charge in [0.15, 0.2) is 5.82 Å². The van der Waals surface area contributed by atoms with Gasteiger partial charge in [0.2, 0.25) is 10.0 Å². The van der Waals surface area contributed by atoms with E-state index in [-0.39, 0.29) is 10.6 Å². The fourth-order valence-electron chi connectivity index (χ4n) is 3.57. The van der Waals surface area contributed by atoms with Crippen LogP contribution in [-0.2, 0) is 14.8 Å². The molecule has 0 radical (unpaired) electrons. The van der Waals surface area contributed by atoms with Crippen molar-refractivity contribution in [3.8, 4) is 0 Å². The summed E-state index contributed by atoms with van der Waals surface area (Å²) in [7, 11) is -3.61. The van der Waals surface area contributed by atoms with Crippen molar-refractivity contribution in [2.24, 2.45) is 0 Å². The van der Waals surface area contributed by atoms with E-state index in [1.807, 2.05) is 30.3 Å². The third kappa shape index (κ3) is 4.76. The zero-order chi connectivity index (χ0) is 22.6. The molecule has 9 nitrogen and oxygen atoms in total. The molecule has 1 fully saturated rings. The molecule has 1 saturated heterocycles. The normalized spacial score (nSPS) is 15.5. The highest BCUT2D eigenvalue weighted by Crippen LogP contribution is 2.23. The molecule has 4 rings (SSSR count). The number of anilines is 1. The number of aryl methyl sites for hydroxylation is 1. The van der Waals surface area contributed by atoms with Gasteiger partial charge < -0.3 is 5.32 Å². The zero-order valence-electron chi connectivity index (χ0n) is 17.7. The van der Waals surface area contributed by atoms with Crippen LogP contribution in [0.4, 0.5) is 5.69 Å². The smallest absolute Gasteiger partial charge is 0.274 e. The highest BCUT2D eigenvalue weighted by molar-refractivity contribution is 7.89. The van der Waals surface area contributed by atoms with E-state index in [4.69, 9.17) is 0 Å². The van der Waals surface area contributed by atoms with Gasteiger partial charge in [0, 0.05) is 18.8 Å². The summed E-state index contributed by atoms with van der Waals surface area (Å²) >= 11 is 0. The molecule has 1 aliphatic rings. The Balaban J connectivity index is 1.62. The van der Waals surface area contributed by atoms with E-state index < -0.39 is 15.9 Å². The van der Waals surface area contributed by atoms with Gasteiger partial charge in [-0.3, -0.25) is 4.79 Å². The fraction of sp³-hybridized carbons (Fsp3) is 0.273. The molecule has 1 amide bonds. The monoisotopic (exact) mass is 452 g/mol. The quantitative estimate of drug-likeness (QED) is 0.576. The summed E-state index contributed by atoms with van der Waals surface area (Å²) in [4.78, 5) is 13.3. The minimum absolute atomic E-state index is 0.157. The predicted molar refractivity (Wildman–Crippen MR) is 121 cm³/mol. The molecular formula is C22H24N6O3S. The van der Waals surface area contributed by atoms with Crippen LogP contribution in [0.2, 0.25) is 0 Å². The molecule has 2 aromatic carbocycles. The summed E-state index contributed by atoms with van der Waals surface area (Å²) < 4.78 is 28.9. The number of carbonyl (C=O) groups excluding carboxylic acids is 1. The van der Waals surface area contributed by atoms with Crippen LogP contribution >= 0.6 is 0 Å². The Morgan fingerprint density at radius 2 is 1.78 bits per heavy atom. The van der Waals surface area contributed by atoms with E-state index in [9.17, 15) is 13.2 Å². The Morgan fingerprint density at radius 3 is 2.47 bits per heavy atom. The Kier molecular flexibility index (Phi) is 6.42. The van der Waals surface area contributed by atoms with Crippen LogP contribution in [0, 0.1) is 6.92 Å². The Labute approximate surface area is 186 Å². The Morgan fingerprint density at radius 1 is 1.03 bits per heavy atom. The van der Waals surface area contributed by atoms with Crippen LogP contribution in [0.3, 0.4) is 0 Å². The summed E-state index contributed by atoms with van der Waals surface area (Å²) in [6, 6.07) is 15.6. The van der Waals surface area contributed by atoms with Crippen molar-refractivity contribution >= 4 is 33.4 Å². The average Bonchev–Trinajstić information content (AvgIpc) is 3.24. The average molecular weight is 453 g/mol. The van der Waals surface area contributed by atoms with Gasteiger partial charge >= 0.3 is 0 Å². The van der Waals surface area contributed by atoms with Gasteiger partial charge in [-0.1, -0.05) is 42.8 Å². The summed E-state index contributed by atoms with van der Waals surface area (Å²) in [5, 5.41) is 14.2. The number of hydrogen-bond donors (Lipinski definition) is 1. The first kappa shape index (κ1) is 21.8. The molecular weight excluding hydrogens is 428 g/mol. The zero-order valence-corrected chi connectivity index (χ0v) is 18.5. The minimum Gasteiger partial charge on any atom is -0.321 e. The molecule has 0 unspecified atom stereocenters. The number of nitrogens with one attached hydrogen (secondary N) is 1. The first-order chi connectivity index (χ1) is 15.4. The molecule has 32 heavy (non-hydrogen) atoms. The van der Waals surface area contributed by atoms with Gasteiger partial charge in [0.25, 0.3) is 5.91 Å². The standard InChI is InChI=1S/C22H24N6O3S/c1-17-24-25-26-28(17)21(15-18-9-4-2-5-10-18)22(29)23-19-11-8-12-20(16-19)32(30,31)27-13-6-3-7-14-27/h2,4-5,8-12,15-16H,3,6-7,13-14H2,1H3,(H,23,29)/b21-15-. The fourth-order valence-corrected chi connectivity index (χ4v) is 5.13. The van der Waals surface area contributed by atoms with Gasteiger partial charge in [-0.2, -0.15) is 8.99 Å².